The van der Waals surface area contributed by atoms with Crippen molar-refractivity contribution in [3.05, 3.63) is 48.4 Å². The van der Waals surface area contributed by atoms with Crippen LogP contribution in [0.1, 0.15) is 33.0 Å². The van der Waals surface area contributed by atoms with Crippen LogP contribution in [0.2, 0.25) is 0 Å². The standard InChI is InChI=1S/C21H30N4O3/c1-4-12-22-20(26)15-24-21(23-13-11-18-6-5-14-27-18)25-17-7-9-19(10-8-17)28-16(2)3/h5-10,14,16H,4,11-13,15H2,1-3H3,(H,22,26)(H2,23,24,25). The summed E-state index contributed by atoms with van der Waals surface area (Å²) in [5.74, 6) is 2.14. The smallest absolute Gasteiger partial charge is 0.241 e. The Hall–Kier alpha value is -2.96. The number of ether oxygens (including phenoxy) is 1. The number of guanidine groups is 1. The van der Waals surface area contributed by atoms with Gasteiger partial charge in [0.1, 0.15) is 18.1 Å². The molecule has 0 aliphatic heterocycles. The number of carbonyl (C=O) groups excluding carboxylic acids is 1. The van der Waals surface area contributed by atoms with Gasteiger partial charge in [-0.2, -0.15) is 0 Å². The molecular formula is C21H30N4O3. The van der Waals surface area contributed by atoms with Gasteiger partial charge in [-0.05, 0) is 56.7 Å². The van der Waals surface area contributed by atoms with Crippen molar-refractivity contribution in [3.63, 3.8) is 0 Å². The van der Waals surface area contributed by atoms with E-state index in [1.165, 1.54) is 0 Å². The lowest BCUT2D eigenvalue weighted by atomic mass is 10.3. The minimum atomic E-state index is -0.102. The van der Waals surface area contributed by atoms with E-state index in [0.717, 1.165) is 30.0 Å². The minimum Gasteiger partial charge on any atom is -0.491 e. The van der Waals surface area contributed by atoms with Crippen LogP contribution in [-0.4, -0.2) is 37.6 Å². The molecule has 28 heavy (non-hydrogen) atoms. The number of amides is 1. The molecule has 1 heterocycles. The quantitative estimate of drug-likeness (QED) is 0.431. The Morgan fingerprint density at radius 3 is 2.57 bits per heavy atom. The molecule has 1 aromatic heterocycles. The summed E-state index contributed by atoms with van der Waals surface area (Å²) in [5.41, 5.74) is 0.856. The SMILES string of the molecule is CCCNC(=O)CN=C(NCCc1ccco1)Nc1ccc(OC(C)C)cc1. The van der Waals surface area contributed by atoms with Crippen molar-refractivity contribution in [1.82, 2.24) is 10.6 Å². The Bertz CT molecular complexity index is 725. The summed E-state index contributed by atoms with van der Waals surface area (Å²) in [6.07, 6.45) is 3.39. The van der Waals surface area contributed by atoms with Crippen molar-refractivity contribution in [3.8, 4) is 5.75 Å². The van der Waals surface area contributed by atoms with Crippen molar-refractivity contribution < 1.29 is 13.9 Å². The number of hydrogen-bond donors (Lipinski definition) is 3. The van der Waals surface area contributed by atoms with Crippen LogP contribution in [0.25, 0.3) is 0 Å². The molecule has 0 aliphatic carbocycles. The first-order valence-corrected chi connectivity index (χ1v) is 9.68. The van der Waals surface area contributed by atoms with Gasteiger partial charge in [0.05, 0.1) is 12.4 Å². The zero-order chi connectivity index (χ0) is 20.2. The third-order valence-corrected chi connectivity index (χ3v) is 3.69. The van der Waals surface area contributed by atoms with Crippen LogP contribution in [0.4, 0.5) is 5.69 Å². The Morgan fingerprint density at radius 2 is 1.93 bits per heavy atom. The summed E-state index contributed by atoms with van der Waals surface area (Å²) in [4.78, 5) is 16.2. The second kappa shape index (κ2) is 11.7. The van der Waals surface area contributed by atoms with Crippen molar-refractivity contribution in [2.75, 3.05) is 25.0 Å². The molecule has 0 aliphatic rings. The van der Waals surface area contributed by atoms with E-state index in [4.69, 9.17) is 9.15 Å². The molecule has 2 aromatic rings. The van der Waals surface area contributed by atoms with Gasteiger partial charge in [0.25, 0.3) is 0 Å². The number of furan rings is 1. The zero-order valence-corrected chi connectivity index (χ0v) is 16.8. The second-order valence-electron chi connectivity index (χ2n) is 6.59. The molecule has 2 rings (SSSR count). The Morgan fingerprint density at radius 1 is 1.14 bits per heavy atom. The van der Waals surface area contributed by atoms with E-state index in [1.807, 2.05) is 57.2 Å². The average Bonchev–Trinajstić information content (AvgIpc) is 3.19. The van der Waals surface area contributed by atoms with Gasteiger partial charge in [0.2, 0.25) is 5.91 Å². The summed E-state index contributed by atoms with van der Waals surface area (Å²) in [5, 5.41) is 9.28. The summed E-state index contributed by atoms with van der Waals surface area (Å²) < 4.78 is 11.0. The molecule has 0 radical (unpaired) electrons. The first-order chi connectivity index (χ1) is 13.6. The van der Waals surface area contributed by atoms with Gasteiger partial charge in [-0.15, -0.1) is 0 Å². The molecule has 7 nitrogen and oxygen atoms in total. The summed E-state index contributed by atoms with van der Waals surface area (Å²) in [6.45, 7) is 7.34. The van der Waals surface area contributed by atoms with Crippen LogP contribution in [-0.2, 0) is 11.2 Å². The molecule has 3 N–H and O–H groups in total. The highest BCUT2D eigenvalue weighted by Crippen LogP contribution is 2.16. The van der Waals surface area contributed by atoms with Gasteiger partial charge in [-0.1, -0.05) is 6.92 Å². The predicted molar refractivity (Wildman–Crippen MR) is 112 cm³/mol. The molecule has 7 heteroatoms. The summed E-state index contributed by atoms with van der Waals surface area (Å²) in [7, 11) is 0. The summed E-state index contributed by atoms with van der Waals surface area (Å²) >= 11 is 0. The Balaban J connectivity index is 1.96. The molecule has 0 atom stereocenters. The van der Waals surface area contributed by atoms with E-state index in [0.29, 0.717) is 19.0 Å². The molecule has 0 spiro atoms. The molecule has 152 valence electrons. The van der Waals surface area contributed by atoms with Gasteiger partial charge in [-0.3, -0.25) is 4.79 Å². The fourth-order valence-corrected chi connectivity index (χ4v) is 2.40. The topological polar surface area (TPSA) is 87.9 Å². The number of aliphatic imine (C=N–C) groups is 1. The molecule has 0 fully saturated rings. The van der Waals surface area contributed by atoms with Crippen LogP contribution in [0.3, 0.4) is 0 Å². The van der Waals surface area contributed by atoms with Crippen LogP contribution < -0.4 is 20.7 Å². The highest BCUT2D eigenvalue weighted by atomic mass is 16.5. The lowest BCUT2D eigenvalue weighted by molar-refractivity contribution is -0.119. The van der Waals surface area contributed by atoms with Crippen molar-refractivity contribution >= 4 is 17.6 Å². The largest absolute Gasteiger partial charge is 0.491 e. The van der Waals surface area contributed by atoms with Crippen molar-refractivity contribution in [1.29, 1.82) is 0 Å². The number of hydrogen-bond acceptors (Lipinski definition) is 4. The minimum absolute atomic E-state index is 0.0601. The maximum absolute atomic E-state index is 11.9. The van der Waals surface area contributed by atoms with Gasteiger partial charge in [0.15, 0.2) is 5.96 Å². The van der Waals surface area contributed by atoms with E-state index < -0.39 is 0 Å². The number of nitrogens with one attached hydrogen (secondary N) is 3. The Labute approximate surface area is 166 Å². The van der Waals surface area contributed by atoms with Crippen LogP contribution >= 0.6 is 0 Å². The number of rotatable bonds is 10. The first-order valence-electron chi connectivity index (χ1n) is 9.68. The van der Waals surface area contributed by atoms with Gasteiger partial charge in [0, 0.05) is 25.2 Å². The second-order valence-corrected chi connectivity index (χ2v) is 6.59. The zero-order valence-electron chi connectivity index (χ0n) is 16.8. The van der Waals surface area contributed by atoms with E-state index in [1.54, 1.807) is 6.26 Å². The van der Waals surface area contributed by atoms with Crippen LogP contribution in [0.5, 0.6) is 5.75 Å². The number of benzene rings is 1. The number of nitrogens with zero attached hydrogens (tertiary/aromatic N) is 1. The lowest BCUT2D eigenvalue weighted by Crippen LogP contribution is -2.34. The van der Waals surface area contributed by atoms with Crippen molar-refractivity contribution in [2.24, 2.45) is 4.99 Å². The third kappa shape index (κ3) is 8.16. The maximum Gasteiger partial charge on any atom is 0.241 e. The lowest BCUT2D eigenvalue weighted by Gasteiger charge is -2.14. The van der Waals surface area contributed by atoms with Crippen LogP contribution in [0, 0.1) is 0 Å². The van der Waals surface area contributed by atoms with E-state index in [-0.39, 0.29) is 18.6 Å². The fraction of sp³-hybridized carbons (Fsp3) is 0.429. The van der Waals surface area contributed by atoms with E-state index in [2.05, 4.69) is 20.9 Å². The fourth-order valence-electron chi connectivity index (χ4n) is 2.40. The highest BCUT2D eigenvalue weighted by Gasteiger charge is 2.05. The molecule has 0 saturated heterocycles. The Kier molecular flexibility index (Phi) is 8.91. The van der Waals surface area contributed by atoms with Crippen molar-refractivity contribution in [2.45, 2.75) is 39.7 Å². The van der Waals surface area contributed by atoms with Gasteiger partial charge < -0.3 is 25.1 Å². The third-order valence-electron chi connectivity index (χ3n) is 3.69. The van der Waals surface area contributed by atoms with E-state index >= 15 is 0 Å². The molecule has 1 aromatic carbocycles. The molecular weight excluding hydrogens is 356 g/mol. The highest BCUT2D eigenvalue weighted by molar-refractivity contribution is 5.95. The number of carbonyl (C=O) groups is 1. The average molecular weight is 386 g/mol. The maximum atomic E-state index is 11.9. The molecule has 0 saturated carbocycles. The van der Waals surface area contributed by atoms with E-state index in [9.17, 15) is 4.79 Å². The molecule has 0 unspecified atom stereocenters. The molecule has 1 amide bonds. The summed E-state index contributed by atoms with van der Waals surface area (Å²) in [6, 6.07) is 11.4. The first kappa shape index (κ1) is 21.3. The number of anilines is 1. The van der Waals surface area contributed by atoms with Crippen LogP contribution in [0.15, 0.2) is 52.1 Å². The monoisotopic (exact) mass is 386 g/mol. The molecule has 0 bridgehead atoms. The predicted octanol–water partition coefficient (Wildman–Crippen LogP) is 3.19. The van der Waals surface area contributed by atoms with Gasteiger partial charge >= 0.3 is 0 Å². The normalized spacial score (nSPS) is 11.4. The van der Waals surface area contributed by atoms with Gasteiger partial charge in [-0.25, -0.2) is 4.99 Å².